The van der Waals surface area contributed by atoms with Crippen LogP contribution in [0.25, 0.3) is 0 Å². The monoisotopic (exact) mass is 254 g/mol. The fraction of sp³-hybridized carbons (Fsp3) is 0.571. The van der Waals surface area contributed by atoms with E-state index in [2.05, 4.69) is 13.8 Å². The van der Waals surface area contributed by atoms with Gasteiger partial charge in [0, 0.05) is 11.4 Å². The molecule has 0 aliphatic carbocycles. The Morgan fingerprint density at radius 2 is 1.94 bits per heavy atom. The van der Waals surface area contributed by atoms with Gasteiger partial charge in [-0.1, -0.05) is 30.7 Å². The van der Waals surface area contributed by atoms with E-state index in [4.69, 9.17) is 21.1 Å². The zero-order valence-corrected chi connectivity index (χ0v) is 11.3. The van der Waals surface area contributed by atoms with Crippen LogP contribution in [0.5, 0.6) is 0 Å². The van der Waals surface area contributed by atoms with E-state index in [-0.39, 0.29) is 18.5 Å². The lowest BCUT2D eigenvalue weighted by molar-refractivity contribution is -0.156. The molecule has 17 heavy (non-hydrogen) atoms. The van der Waals surface area contributed by atoms with Gasteiger partial charge >= 0.3 is 0 Å². The Morgan fingerprint density at radius 3 is 2.47 bits per heavy atom. The van der Waals surface area contributed by atoms with Crippen molar-refractivity contribution in [3.63, 3.8) is 0 Å². The summed E-state index contributed by atoms with van der Waals surface area (Å²) in [5.41, 5.74) is 1.13. The lowest BCUT2D eigenvalue weighted by Gasteiger charge is -2.19. The molecule has 4 atom stereocenters. The van der Waals surface area contributed by atoms with Gasteiger partial charge in [-0.2, -0.15) is 0 Å². The first-order valence-corrected chi connectivity index (χ1v) is 6.50. The number of ether oxygens (including phenoxy) is 2. The minimum Gasteiger partial charge on any atom is -0.349 e. The normalized spacial score (nSPS) is 30.5. The molecule has 0 amide bonds. The first-order valence-electron chi connectivity index (χ1n) is 6.12. The highest BCUT2D eigenvalue weighted by Crippen LogP contribution is 2.30. The van der Waals surface area contributed by atoms with Crippen LogP contribution in [0.1, 0.15) is 38.9 Å². The molecule has 1 aliphatic heterocycles. The maximum Gasteiger partial charge on any atom is 0.159 e. The van der Waals surface area contributed by atoms with Crippen molar-refractivity contribution in [1.82, 2.24) is 0 Å². The Kier molecular flexibility index (Phi) is 4.08. The Bertz CT molecular complexity index is 353. The number of hydrogen-bond donors (Lipinski definition) is 0. The third-order valence-electron chi connectivity index (χ3n) is 3.43. The average Bonchev–Trinajstić information content (AvgIpc) is 2.58. The molecule has 0 bridgehead atoms. The molecular formula is C14H19ClO2. The van der Waals surface area contributed by atoms with E-state index >= 15 is 0 Å². The summed E-state index contributed by atoms with van der Waals surface area (Å²) in [5.74, 6) is 0.567. The van der Waals surface area contributed by atoms with Crippen molar-refractivity contribution in [3.05, 3.63) is 34.9 Å². The van der Waals surface area contributed by atoms with E-state index in [0.29, 0.717) is 5.92 Å². The molecule has 2 rings (SSSR count). The molecule has 0 aromatic heterocycles. The summed E-state index contributed by atoms with van der Waals surface area (Å²) in [5, 5.41) is 0.750. The second-order valence-electron chi connectivity index (χ2n) is 4.81. The molecule has 0 spiro atoms. The first-order chi connectivity index (χ1) is 8.06. The molecule has 94 valence electrons. The fourth-order valence-corrected chi connectivity index (χ4v) is 2.18. The van der Waals surface area contributed by atoms with E-state index in [1.807, 2.05) is 31.2 Å². The molecule has 0 N–H and O–H groups in total. The topological polar surface area (TPSA) is 18.5 Å². The molecule has 1 fully saturated rings. The van der Waals surface area contributed by atoms with Gasteiger partial charge in [0.15, 0.2) is 6.29 Å². The van der Waals surface area contributed by atoms with Crippen molar-refractivity contribution >= 4 is 11.6 Å². The van der Waals surface area contributed by atoms with Gasteiger partial charge in [-0.3, -0.25) is 0 Å². The van der Waals surface area contributed by atoms with Crippen molar-refractivity contribution in [2.45, 2.75) is 45.7 Å². The van der Waals surface area contributed by atoms with Crippen molar-refractivity contribution in [3.8, 4) is 0 Å². The number of hydrogen-bond acceptors (Lipinski definition) is 2. The first kappa shape index (κ1) is 12.9. The molecule has 0 radical (unpaired) electrons. The zero-order chi connectivity index (χ0) is 12.4. The predicted molar refractivity (Wildman–Crippen MR) is 69.1 cm³/mol. The van der Waals surface area contributed by atoms with Crippen LogP contribution < -0.4 is 0 Å². The van der Waals surface area contributed by atoms with Gasteiger partial charge in [-0.05, 0) is 37.5 Å². The Labute approximate surface area is 108 Å². The van der Waals surface area contributed by atoms with Crippen LogP contribution in [-0.4, -0.2) is 12.4 Å². The summed E-state index contributed by atoms with van der Waals surface area (Å²) in [6.45, 7) is 6.34. The molecule has 1 saturated heterocycles. The van der Waals surface area contributed by atoms with Crippen LogP contribution >= 0.6 is 11.6 Å². The Balaban J connectivity index is 1.93. The molecule has 1 heterocycles. The Hall–Kier alpha value is -0.570. The van der Waals surface area contributed by atoms with Crippen LogP contribution in [0.15, 0.2) is 24.3 Å². The van der Waals surface area contributed by atoms with Gasteiger partial charge in [-0.15, -0.1) is 0 Å². The van der Waals surface area contributed by atoms with Gasteiger partial charge in [0.25, 0.3) is 0 Å². The molecule has 1 aliphatic rings. The third kappa shape index (κ3) is 3.21. The number of benzene rings is 1. The molecule has 0 saturated carbocycles. The highest BCUT2D eigenvalue weighted by atomic mass is 35.5. The van der Waals surface area contributed by atoms with Gasteiger partial charge < -0.3 is 9.47 Å². The van der Waals surface area contributed by atoms with E-state index in [9.17, 15) is 0 Å². The summed E-state index contributed by atoms with van der Waals surface area (Å²) in [7, 11) is 0. The molecule has 1 aromatic carbocycles. The van der Waals surface area contributed by atoms with Crippen LogP contribution in [0, 0.1) is 5.92 Å². The van der Waals surface area contributed by atoms with E-state index < -0.39 is 0 Å². The van der Waals surface area contributed by atoms with Crippen LogP contribution in [-0.2, 0) is 9.47 Å². The third-order valence-corrected chi connectivity index (χ3v) is 3.68. The van der Waals surface area contributed by atoms with Gasteiger partial charge in [-0.25, -0.2) is 0 Å². The zero-order valence-electron chi connectivity index (χ0n) is 10.5. The average molecular weight is 255 g/mol. The largest absolute Gasteiger partial charge is 0.349 e. The van der Waals surface area contributed by atoms with Crippen LogP contribution in [0.4, 0.5) is 0 Å². The van der Waals surface area contributed by atoms with E-state index in [1.165, 1.54) is 0 Å². The fourth-order valence-electron chi connectivity index (χ4n) is 2.05. The lowest BCUT2D eigenvalue weighted by Crippen LogP contribution is -2.15. The van der Waals surface area contributed by atoms with Crippen LogP contribution in [0.2, 0.25) is 5.02 Å². The van der Waals surface area contributed by atoms with Gasteiger partial charge in [0.2, 0.25) is 0 Å². The second-order valence-corrected chi connectivity index (χ2v) is 5.25. The Morgan fingerprint density at radius 1 is 1.29 bits per heavy atom. The molecule has 2 unspecified atom stereocenters. The minimum atomic E-state index is -0.0781. The van der Waals surface area contributed by atoms with Crippen molar-refractivity contribution in [2.24, 2.45) is 5.92 Å². The van der Waals surface area contributed by atoms with Crippen molar-refractivity contribution in [2.75, 3.05) is 0 Å². The number of halogens is 1. The van der Waals surface area contributed by atoms with E-state index in [1.54, 1.807) is 0 Å². The summed E-state index contributed by atoms with van der Waals surface area (Å²) in [4.78, 5) is 0. The van der Waals surface area contributed by atoms with Gasteiger partial charge in [0.05, 0.1) is 12.2 Å². The second kappa shape index (κ2) is 5.38. The van der Waals surface area contributed by atoms with E-state index in [0.717, 1.165) is 17.0 Å². The van der Waals surface area contributed by atoms with Crippen LogP contribution in [0.3, 0.4) is 0 Å². The minimum absolute atomic E-state index is 0.0368. The highest BCUT2D eigenvalue weighted by Gasteiger charge is 2.30. The molecular weight excluding hydrogens is 236 g/mol. The lowest BCUT2D eigenvalue weighted by atomic mass is 10.1. The standard InChI is InChI=1S/C14H19ClO2/c1-9-8-14(16-10(9)2)17-11(3)12-4-6-13(15)7-5-12/h4-7,9-11,14H,8H2,1-3H3/t9-,10+,11?,14?/m1/s1. The molecule has 1 aromatic rings. The summed E-state index contributed by atoms with van der Waals surface area (Å²) in [6, 6.07) is 7.76. The molecule has 2 nitrogen and oxygen atoms in total. The predicted octanol–water partition coefficient (Wildman–Crippen LogP) is 4.19. The van der Waals surface area contributed by atoms with Crippen molar-refractivity contribution in [1.29, 1.82) is 0 Å². The smallest absolute Gasteiger partial charge is 0.159 e. The molecule has 3 heteroatoms. The van der Waals surface area contributed by atoms with Gasteiger partial charge in [0.1, 0.15) is 0 Å². The quantitative estimate of drug-likeness (QED) is 0.805. The maximum absolute atomic E-state index is 5.91. The SMILES string of the molecule is CC(OC1C[C@@H](C)[C@H](C)O1)c1ccc(Cl)cc1. The summed E-state index contributed by atoms with van der Waals surface area (Å²) >= 11 is 5.86. The summed E-state index contributed by atoms with van der Waals surface area (Å²) < 4.78 is 11.7. The number of rotatable bonds is 3. The highest BCUT2D eigenvalue weighted by molar-refractivity contribution is 6.30. The van der Waals surface area contributed by atoms with Crippen molar-refractivity contribution < 1.29 is 9.47 Å². The maximum atomic E-state index is 5.91. The summed E-state index contributed by atoms with van der Waals surface area (Å²) in [6.07, 6.45) is 1.22.